The van der Waals surface area contributed by atoms with E-state index in [-0.39, 0.29) is 11.8 Å². The average molecular weight is 247 g/mol. The lowest BCUT2D eigenvalue weighted by Crippen LogP contribution is -2.47. The topological polar surface area (TPSA) is 59.2 Å². The first-order chi connectivity index (χ1) is 8.59. The highest BCUT2D eigenvalue weighted by Gasteiger charge is 2.35. The monoisotopic (exact) mass is 247 g/mol. The SMILES string of the molecule is CC(C)C(N)C(=O)N(Cc1cccnc1)C1CC1. The van der Waals surface area contributed by atoms with E-state index >= 15 is 0 Å². The van der Waals surface area contributed by atoms with Crippen LogP contribution in [0.3, 0.4) is 0 Å². The summed E-state index contributed by atoms with van der Waals surface area (Å²) < 4.78 is 0. The predicted molar refractivity (Wildman–Crippen MR) is 70.6 cm³/mol. The van der Waals surface area contributed by atoms with Gasteiger partial charge in [-0.2, -0.15) is 0 Å². The van der Waals surface area contributed by atoms with Gasteiger partial charge in [-0.1, -0.05) is 19.9 Å². The van der Waals surface area contributed by atoms with Gasteiger partial charge in [-0.3, -0.25) is 9.78 Å². The van der Waals surface area contributed by atoms with Gasteiger partial charge in [0.05, 0.1) is 6.04 Å². The van der Waals surface area contributed by atoms with Gasteiger partial charge >= 0.3 is 0 Å². The smallest absolute Gasteiger partial charge is 0.240 e. The molecule has 1 atom stereocenters. The van der Waals surface area contributed by atoms with Crippen LogP contribution in [0, 0.1) is 5.92 Å². The van der Waals surface area contributed by atoms with Gasteiger partial charge in [0, 0.05) is 25.0 Å². The predicted octanol–water partition coefficient (Wildman–Crippen LogP) is 1.56. The Kier molecular flexibility index (Phi) is 3.97. The van der Waals surface area contributed by atoms with E-state index in [4.69, 9.17) is 5.73 Å². The van der Waals surface area contributed by atoms with Crippen LogP contribution >= 0.6 is 0 Å². The molecule has 1 aromatic heterocycles. The highest BCUT2D eigenvalue weighted by atomic mass is 16.2. The Morgan fingerprint density at radius 3 is 2.78 bits per heavy atom. The van der Waals surface area contributed by atoms with Gasteiger partial charge in [-0.15, -0.1) is 0 Å². The second-order valence-corrected chi connectivity index (χ2v) is 5.33. The molecule has 1 heterocycles. The van der Waals surface area contributed by atoms with Crippen molar-refractivity contribution in [2.45, 2.75) is 45.3 Å². The minimum absolute atomic E-state index is 0.0661. The van der Waals surface area contributed by atoms with E-state index in [0.29, 0.717) is 12.6 Å². The van der Waals surface area contributed by atoms with Gasteiger partial charge in [0.2, 0.25) is 5.91 Å². The largest absolute Gasteiger partial charge is 0.334 e. The fourth-order valence-corrected chi connectivity index (χ4v) is 1.94. The molecule has 18 heavy (non-hydrogen) atoms. The third-order valence-electron chi connectivity index (χ3n) is 3.35. The van der Waals surface area contributed by atoms with Crippen LogP contribution in [0.1, 0.15) is 32.3 Å². The minimum Gasteiger partial charge on any atom is -0.334 e. The van der Waals surface area contributed by atoms with Gasteiger partial charge in [0.1, 0.15) is 0 Å². The maximum atomic E-state index is 12.4. The molecule has 2 N–H and O–H groups in total. The Morgan fingerprint density at radius 1 is 1.56 bits per heavy atom. The highest BCUT2D eigenvalue weighted by molar-refractivity contribution is 5.82. The zero-order valence-corrected chi connectivity index (χ0v) is 11.0. The first-order valence-corrected chi connectivity index (χ1v) is 6.54. The maximum Gasteiger partial charge on any atom is 0.240 e. The number of amides is 1. The Hall–Kier alpha value is -1.42. The molecule has 4 heteroatoms. The molecule has 1 unspecified atom stereocenters. The van der Waals surface area contributed by atoms with Gasteiger partial charge in [0.15, 0.2) is 0 Å². The molecule has 1 aliphatic carbocycles. The number of nitrogens with zero attached hydrogens (tertiary/aromatic N) is 2. The van der Waals surface area contributed by atoms with E-state index in [2.05, 4.69) is 4.98 Å². The fourth-order valence-electron chi connectivity index (χ4n) is 1.94. The number of aromatic nitrogens is 1. The van der Waals surface area contributed by atoms with Crippen molar-refractivity contribution in [2.75, 3.05) is 0 Å². The van der Waals surface area contributed by atoms with Gasteiger partial charge in [0.25, 0.3) is 0 Å². The van der Waals surface area contributed by atoms with E-state index in [1.807, 2.05) is 37.1 Å². The molecule has 1 fully saturated rings. The first kappa shape index (κ1) is 13.0. The lowest BCUT2D eigenvalue weighted by atomic mass is 10.0. The van der Waals surface area contributed by atoms with E-state index in [1.165, 1.54) is 0 Å². The third kappa shape index (κ3) is 3.07. The highest BCUT2D eigenvalue weighted by Crippen LogP contribution is 2.29. The summed E-state index contributed by atoms with van der Waals surface area (Å²) in [6.45, 7) is 4.59. The molecular weight excluding hydrogens is 226 g/mol. The van der Waals surface area contributed by atoms with Crippen molar-refractivity contribution in [3.05, 3.63) is 30.1 Å². The third-order valence-corrected chi connectivity index (χ3v) is 3.35. The molecule has 1 amide bonds. The second-order valence-electron chi connectivity index (χ2n) is 5.33. The van der Waals surface area contributed by atoms with Crippen molar-refractivity contribution in [3.63, 3.8) is 0 Å². The summed E-state index contributed by atoms with van der Waals surface area (Å²) in [7, 11) is 0. The van der Waals surface area contributed by atoms with Crippen molar-refractivity contribution < 1.29 is 4.79 Å². The molecule has 4 nitrogen and oxygen atoms in total. The molecule has 0 spiro atoms. The quantitative estimate of drug-likeness (QED) is 0.859. The summed E-state index contributed by atoms with van der Waals surface area (Å²) in [6.07, 6.45) is 5.74. The van der Waals surface area contributed by atoms with E-state index in [9.17, 15) is 4.79 Å². The fraction of sp³-hybridized carbons (Fsp3) is 0.571. The molecule has 1 aliphatic rings. The second kappa shape index (κ2) is 5.48. The van der Waals surface area contributed by atoms with E-state index < -0.39 is 6.04 Å². The normalized spacial score (nSPS) is 16.7. The summed E-state index contributed by atoms with van der Waals surface area (Å²) in [4.78, 5) is 18.4. The van der Waals surface area contributed by atoms with Crippen LogP contribution in [-0.4, -0.2) is 27.9 Å². The van der Waals surface area contributed by atoms with Crippen molar-refractivity contribution in [2.24, 2.45) is 11.7 Å². The summed E-state index contributed by atoms with van der Waals surface area (Å²) in [5.74, 6) is 0.240. The number of hydrogen-bond acceptors (Lipinski definition) is 3. The molecule has 1 saturated carbocycles. The molecule has 0 radical (unpaired) electrons. The van der Waals surface area contributed by atoms with Crippen molar-refractivity contribution in [3.8, 4) is 0 Å². The Morgan fingerprint density at radius 2 is 2.28 bits per heavy atom. The van der Waals surface area contributed by atoms with Crippen molar-refractivity contribution >= 4 is 5.91 Å². The minimum atomic E-state index is -0.401. The van der Waals surface area contributed by atoms with Gasteiger partial charge in [-0.25, -0.2) is 0 Å². The number of pyridine rings is 1. The molecule has 0 aliphatic heterocycles. The van der Waals surface area contributed by atoms with Gasteiger partial charge < -0.3 is 10.6 Å². The molecule has 1 aromatic rings. The Labute approximate surface area is 108 Å². The van der Waals surface area contributed by atoms with Crippen LogP contribution in [0.25, 0.3) is 0 Å². The van der Waals surface area contributed by atoms with Crippen LogP contribution in [0.2, 0.25) is 0 Å². The first-order valence-electron chi connectivity index (χ1n) is 6.54. The average Bonchev–Trinajstić information content (AvgIpc) is 3.19. The van der Waals surface area contributed by atoms with Crippen molar-refractivity contribution in [1.82, 2.24) is 9.88 Å². The van der Waals surface area contributed by atoms with Gasteiger partial charge in [-0.05, 0) is 30.4 Å². The molecule has 0 aromatic carbocycles. The van der Waals surface area contributed by atoms with E-state index in [1.54, 1.807) is 6.20 Å². The zero-order valence-electron chi connectivity index (χ0n) is 11.0. The van der Waals surface area contributed by atoms with Crippen LogP contribution in [0.5, 0.6) is 0 Å². The van der Waals surface area contributed by atoms with E-state index in [0.717, 1.165) is 18.4 Å². The Balaban J connectivity index is 2.07. The molecule has 0 bridgehead atoms. The number of hydrogen-bond donors (Lipinski definition) is 1. The standard InChI is InChI=1S/C14H21N3O/c1-10(2)13(15)14(18)17(12-5-6-12)9-11-4-3-7-16-8-11/h3-4,7-8,10,12-13H,5-6,9,15H2,1-2H3. The number of nitrogens with two attached hydrogens (primary N) is 1. The molecular formula is C14H21N3O. The lowest BCUT2D eigenvalue weighted by Gasteiger charge is -2.27. The lowest BCUT2D eigenvalue weighted by molar-refractivity contribution is -0.134. The number of carbonyl (C=O) groups excluding carboxylic acids is 1. The summed E-state index contributed by atoms with van der Waals surface area (Å²) in [6, 6.07) is 3.87. The molecule has 98 valence electrons. The summed E-state index contributed by atoms with van der Waals surface area (Å²) >= 11 is 0. The molecule has 2 rings (SSSR count). The maximum absolute atomic E-state index is 12.4. The summed E-state index contributed by atoms with van der Waals surface area (Å²) in [5, 5.41) is 0. The zero-order chi connectivity index (χ0) is 13.1. The Bertz CT molecular complexity index is 401. The van der Waals surface area contributed by atoms with Crippen molar-refractivity contribution in [1.29, 1.82) is 0 Å². The molecule has 0 saturated heterocycles. The van der Waals surface area contributed by atoms with Crippen LogP contribution in [0.4, 0.5) is 0 Å². The summed E-state index contributed by atoms with van der Waals surface area (Å²) in [5.41, 5.74) is 7.04. The van der Waals surface area contributed by atoms with Crippen LogP contribution in [-0.2, 0) is 11.3 Å². The van der Waals surface area contributed by atoms with Crippen LogP contribution < -0.4 is 5.73 Å². The van der Waals surface area contributed by atoms with Crippen LogP contribution in [0.15, 0.2) is 24.5 Å². The number of carbonyl (C=O) groups is 1. The number of rotatable bonds is 5.